The quantitative estimate of drug-likeness (QED) is 0.745. The SMILES string of the molecule is C#CCN(C(=O)c1ccc2c(c1)S(=O)(=O)N(C1CC1)C2=O)C1CCCCC1. The van der Waals surface area contributed by atoms with Gasteiger partial charge in [0.05, 0.1) is 12.1 Å². The van der Waals surface area contributed by atoms with Crippen molar-refractivity contribution in [3.8, 4) is 12.3 Å². The van der Waals surface area contributed by atoms with Crippen molar-refractivity contribution in [1.82, 2.24) is 9.21 Å². The lowest BCUT2D eigenvalue weighted by Gasteiger charge is -2.33. The molecule has 2 aliphatic carbocycles. The van der Waals surface area contributed by atoms with Crippen LogP contribution >= 0.6 is 0 Å². The maximum Gasteiger partial charge on any atom is 0.269 e. The molecule has 27 heavy (non-hydrogen) atoms. The second-order valence-electron chi connectivity index (χ2n) is 7.48. The van der Waals surface area contributed by atoms with Crippen molar-refractivity contribution >= 4 is 21.8 Å². The highest BCUT2D eigenvalue weighted by Crippen LogP contribution is 2.39. The second-order valence-corrected chi connectivity index (χ2v) is 9.26. The van der Waals surface area contributed by atoms with E-state index in [-0.39, 0.29) is 40.6 Å². The monoisotopic (exact) mass is 386 g/mol. The van der Waals surface area contributed by atoms with Gasteiger partial charge >= 0.3 is 0 Å². The van der Waals surface area contributed by atoms with Crippen LogP contribution in [0.5, 0.6) is 0 Å². The summed E-state index contributed by atoms with van der Waals surface area (Å²) in [7, 11) is -3.88. The number of hydrogen-bond acceptors (Lipinski definition) is 4. The van der Waals surface area contributed by atoms with Crippen molar-refractivity contribution in [2.45, 2.75) is 61.9 Å². The number of carbonyl (C=O) groups is 2. The summed E-state index contributed by atoms with van der Waals surface area (Å²) >= 11 is 0. The molecular formula is C20H22N2O4S. The van der Waals surface area contributed by atoms with Gasteiger partial charge in [-0.2, -0.15) is 0 Å². The van der Waals surface area contributed by atoms with Gasteiger partial charge in [0.15, 0.2) is 0 Å². The Bertz CT molecular complexity index is 937. The first-order valence-corrected chi connectivity index (χ1v) is 10.9. The Hall–Kier alpha value is -2.33. The van der Waals surface area contributed by atoms with E-state index in [4.69, 9.17) is 6.42 Å². The minimum atomic E-state index is -3.88. The second kappa shape index (κ2) is 6.68. The Kier molecular flexibility index (Phi) is 4.47. The lowest BCUT2D eigenvalue weighted by Crippen LogP contribution is -2.41. The van der Waals surface area contributed by atoms with Crippen LogP contribution in [0.4, 0.5) is 0 Å². The van der Waals surface area contributed by atoms with Gasteiger partial charge in [-0.3, -0.25) is 9.59 Å². The molecule has 0 radical (unpaired) electrons. The average Bonchev–Trinajstić information content (AvgIpc) is 3.47. The fourth-order valence-corrected chi connectivity index (χ4v) is 5.92. The van der Waals surface area contributed by atoms with E-state index in [9.17, 15) is 18.0 Å². The van der Waals surface area contributed by atoms with Crippen molar-refractivity contribution in [3.05, 3.63) is 29.3 Å². The van der Waals surface area contributed by atoms with Gasteiger partial charge in [0.1, 0.15) is 4.90 Å². The van der Waals surface area contributed by atoms with Gasteiger partial charge in [-0.25, -0.2) is 12.7 Å². The smallest absolute Gasteiger partial charge is 0.269 e. The number of benzene rings is 1. The molecular weight excluding hydrogens is 364 g/mol. The maximum absolute atomic E-state index is 13.1. The van der Waals surface area contributed by atoms with Crippen LogP contribution in [0.2, 0.25) is 0 Å². The normalized spacial score (nSPS) is 21.6. The molecule has 1 aromatic rings. The summed E-state index contributed by atoms with van der Waals surface area (Å²) in [6.45, 7) is 0.195. The molecule has 0 atom stereocenters. The molecule has 1 aromatic carbocycles. The molecule has 2 saturated carbocycles. The predicted molar refractivity (Wildman–Crippen MR) is 99.6 cm³/mol. The van der Waals surface area contributed by atoms with Gasteiger partial charge in [0.2, 0.25) is 0 Å². The standard InChI is InChI=1S/C20H22N2O4S/c1-2-12-21(15-6-4-3-5-7-15)19(23)14-8-11-17-18(13-14)27(25,26)22(20(17)24)16-9-10-16/h1,8,11,13,15-16H,3-7,9-10,12H2. The molecule has 0 aromatic heterocycles. The molecule has 0 bridgehead atoms. The molecule has 6 nitrogen and oxygen atoms in total. The molecule has 0 N–H and O–H groups in total. The van der Waals surface area contributed by atoms with Crippen LogP contribution in [0.25, 0.3) is 0 Å². The number of rotatable bonds is 4. The highest BCUT2D eigenvalue weighted by atomic mass is 32.2. The van der Waals surface area contributed by atoms with Gasteiger partial charge in [-0.15, -0.1) is 6.42 Å². The maximum atomic E-state index is 13.1. The summed E-state index contributed by atoms with van der Waals surface area (Å²) < 4.78 is 26.6. The number of carbonyl (C=O) groups excluding carboxylic acids is 2. The Morgan fingerprint density at radius 3 is 2.52 bits per heavy atom. The average molecular weight is 386 g/mol. The van der Waals surface area contributed by atoms with Crippen LogP contribution in [0.15, 0.2) is 23.1 Å². The van der Waals surface area contributed by atoms with Crippen molar-refractivity contribution < 1.29 is 18.0 Å². The number of sulfonamides is 1. The van der Waals surface area contributed by atoms with Crippen molar-refractivity contribution in [2.24, 2.45) is 0 Å². The Balaban J connectivity index is 1.67. The van der Waals surface area contributed by atoms with E-state index < -0.39 is 15.9 Å². The van der Waals surface area contributed by atoms with E-state index in [0.29, 0.717) is 12.8 Å². The molecule has 7 heteroatoms. The molecule has 0 unspecified atom stereocenters. The molecule has 142 valence electrons. The lowest BCUT2D eigenvalue weighted by molar-refractivity contribution is 0.0666. The minimum Gasteiger partial charge on any atom is -0.325 e. The Labute approximate surface area is 159 Å². The first-order chi connectivity index (χ1) is 12.9. The van der Waals surface area contributed by atoms with E-state index in [2.05, 4.69) is 5.92 Å². The number of amides is 2. The van der Waals surface area contributed by atoms with Gasteiger partial charge in [-0.1, -0.05) is 25.2 Å². The van der Waals surface area contributed by atoms with Crippen LogP contribution in [0, 0.1) is 12.3 Å². The molecule has 0 saturated heterocycles. The van der Waals surface area contributed by atoms with Crippen molar-refractivity contribution in [3.63, 3.8) is 0 Å². The molecule has 0 spiro atoms. The highest BCUT2D eigenvalue weighted by Gasteiger charge is 2.49. The zero-order chi connectivity index (χ0) is 19.2. The summed E-state index contributed by atoms with van der Waals surface area (Å²) in [5.74, 6) is 1.79. The first kappa shape index (κ1) is 18.1. The zero-order valence-electron chi connectivity index (χ0n) is 15.1. The minimum absolute atomic E-state index is 0.0606. The topological polar surface area (TPSA) is 74.8 Å². The first-order valence-electron chi connectivity index (χ1n) is 9.42. The molecule has 2 amide bonds. The largest absolute Gasteiger partial charge is 0.325 e. The zero-order valence-corrected chi connectivity index (χ0v) is 15.9. The molecule has 3 aliphatic rings. The third-order valence-electron chi connectivity index (χ3n) is 5.61. The molecule has 1 aliphatic heterocycles. The van der Waals surface area contributed by atoms with E-state index in [1.165, 1.54) is 18.2 Å². The number of fused-ring (bicyclic) bond motifs is 1. The van der Waals surface area contributed by atoms with E-state index in [1.54, 1.807) is 4.90 Å². The summed E-state index contributed by atoms with van der Waals surface area (Å²) in [6, 6.07) is 4.18. The van der Waals surface area contributed by atoms with Crippen LogP contribution in [-0.2, 0) is 10.0 Å². The van der Waals surface area contributed by atoms with Crippen LogP contribution in [0.1, 0.15) is 65.7 Å². The summed E-state index contributed by atoms with van der Waals surface area (Å²) in [6.07, 6.45) is 12.0. The van der Waals surface area contributed by atoms with Crippen molar-refractivity contribution in [1.29, 1.82) is 0 Å². The summed E-state index contributed by atoms with van der Waals surface area (Å²) in [5.41, 5.74) is 0.420. The van der Waals surface area contributed by atoms with E-state index >= 15 is 0 Å². The molecule has 2 fully saturated rings. The predicted octanol–water partition coefficient (Wildman–Crippen LogP) is 2.40. The third kappa shape index (κ3) is 3.02. The van der Waals surface area contributed by atoms with Crippen LogP contribution < -0.4 is 0 Å². The fraction of sp³-hybridized carbons (Fsp3) is 0.500. The molecule has 4 rings (SSSR count). The van der Waals surface area contributed by atoms with Gasteiger partial charge in [0.25, 0.3) is 21.8 Å². The number of terminal acetylenes is 1. The van der Waals surface area contributed by atoms with Gasteiger partial charge in [-0.05, 0) is 43.9 Å². The number of hydrogen-bond donors (Lipinski definition) is 0. The highest BCUT2D eigenvalue weighted by molar-refractivity contribution is 7.90. The van der Waals surface area contributed by atoms with E-state index in [1.807, 2.05) is 0 Å². The lowest BCUT2D eigenvalue weighted by atomic mass is 9.93. The van der Waals surface area contributed by atoms with Crippen LogP contribution in [0.3, 0.4) is 0 Å². The van der Waals surface area contributed by atoms with E-state index in [0.717, 1.165) is 36.4 Å². The Morgan fingerprint density at radius 2 is 1.89 bits per heavy atom. The van der Waals surface area contributed by atoms with Crippen molar-refractivity contribution in [2.75, 3.05) is 6.54 Å². The Morgan fingerprint density at radius 1 is 1.19 bits per heavy atom. The summed E-state index contributed by atoms with van der Waals surface area (Å²) in [4.78, 5) is 27.2. The van der Waals surface area contributed by atoms with Gasteiger partial charge in [0, 0.05) is 17.6 Å². The van der Waals surface area contributed by atoms with Gasteiger partial charge < -0.3 is 4.90 Å². The number of nitrogens with zero attached hydrogens (tertiary/aromatic N) is 2. The third-order valence-corrected chi connectivity index (χ3v) is 7.49. The summed E-state index contributed by atoms with van der Waals surface area (Å²) in [5, 5.41) is 0. The molecule has 1 heterocycles. The fourth-order valence-electron chi connectivity index (χ4n) is 4.07. The van der Waals surface area contributed by atoms with Crippen LogP contribution in [-0.4, -0.2) is 48.1 Å².